The molecule has 0 amide bonds. The molecule has 5 heteroatoms. The minimum Gasteiger partial charge on any atom is -0.361 e. The van der Waals surface area contributed by atoms with Gasteiger partial charge in [-0.15, -0.1) is 0 Å². The number of nitrogens with zero attached hydrogens (tertiary/aromatic N) is 2. The predicted octanol–water partition coefficient (Wildman–Crippen LogP) is 1.38. The zero-order valence-electron chi connectivity index (χ0n) is 11.4. The summed E-state index contributed by atoms with van der Waals surface area (Å²) in [4.78, 5) is 24.7. The maximum absolute atomic E-state index is 12.4. The number of aromatic nitrogens is 2. The van der Waals surface area contributed by atoms with E-state index in [4.69, 9.17) is 4.74 Å². The van der Waals surface area contributed by atoms with Gasteiger partial charge in [0.25, 0.3) is 0 Å². The van der Waals surface area contributed by atoms with Crippen molar-refractivity contribution in [2.24, 2.45) is 13.0 Å². The van der Waals surface area contributed by atoms with Crippen LogP contribution >= 0.6 is 0 Å². The van der Waals surface area contributed by atoms with Crippen LogP contribution in [0.15, 0.2) is 12.4 Å². The molecule has 1 aliphatic heterocycles. The van der Waals surface area contributed by atoms with Crippen LogP contribution in [-0.4, -0.2) is 32.5 Å². The average molecular weight is 250 g/mol. The lowest BCUT2D eigenvalue weighted by Crippen LogP contribution is -2.37. The molecule has 1 fully saturated rings. The summed E-state index contributed by atoms with van der Waals surface area (Å²) in [5.41, 5.74) is -1.25. The Labute approximate surface area is 106 Å². The standard InChI is InChI=1S/C13H18N2O3/c1-12(2)9(11(17)13(3,4)18-12)10(16)8-6-14-15(5)7-8/h6-7,9H,1-5H3. The van der Waals surface area contributed by atoms with E-state index in [9.17, 15) is 9.59 Å². The predicted molar refractivity (Wildman–Crippen MR) is 65.3 cm³/mol. The van der Waals surface area contributed by atoms with Crippen LogP contribution in [0.5, 0.6) is 0 Å². The highest BCUT2D eigenvalue weighted by molar-refractivity contribution is 6.14. The van der Waals surface area contributed by atoms with Crippen molar-refractivity contribution < 1.29 is 14.3 Å². The third-order valence-electron chi connectivity index (χ3n) is 3.32. The van der Waals surface area contributed by atoms with Gasteiger partial charge in [0.05, 0.1) is 17.4 Å². The number of carbonyl (C=O) groups excluding carboxylic acids is 2. The Morgan fingerprint density at radius 1 is 1.39 bits per heavy atom. The average Bonchev–Trinajstić information content (AvgIpc) is 2.68. The summed E-state index contributed by atoms with van der Waals surface area (Å²) in [5.74, 6) is -1.15. The SMILES string of the molecule is Cn1cc(C(=O)C2C(=O)C(C)(C)OC2(C)C)cn1. The van der Waals surface area contributed by atoms with Crippen molar-refractivity contribution in [2.45, 2.75) is 38.9 Å². The number of hydrogen-bond donors (Lipinski definition) is 0. The molecule has 1 unspecified atom stereocenters. The molecule has 0 aliphatic carbocycles. The highest BCUT2D eigenvalue weighted by Gasteiger charge is 2.56. The van der Waals surface area contributed by atoms with E-state index in [-0.39, 0.29) is 11.6 Å². The Balaban J connectivity index is 2.38. The van der Waals surface area contributed by atoms with Crippen LogP contribution in [0.2, 0.25) is 0 Å². The molecule has 0 bridgehead atoms. The Morgan fingerprint density at radius 3 is 2.39 bits per heavy atom. The van der Waals surface area contributed by atoms with Crippen molar-refractivity contribution in [1.29, 1.82) is 0 Å². The maximum atomic E-state index is 12.4. The smallest absolute Gasteiger partial charge is 0.179 e. The van der Waals surface area contributed by atoms with Crippen LogP contribution in [0.25, 0.3) is 0 Å². The third kappa shape index (κ3) is 1.88. The van der Waals surface area contributed by atoms with Gasteiger partial charge in [0, 0.05) is 13.2 Å². The number of hydrogen-bond acceptors (Lipinski definition) is 4. The molecule has 1 saturated heterocycles. The minimum atomic E-state index is -0.911. The van der Waals surface area contributed by atoms with Gasteiger partial charge in [-0.1, -0.05) is 0 Å². The van der Waals surface area contributed by atoms with Gasteiger partial charge in [-0.3, -0.25) is 14.3 Å². The van der Waals surface area contributed by atoms with Crippen LogP contribution in [0.1, 0.15) is 38.1 Å². The van der Waals surface area contributed by atoms with E-state index in [1.807, 2.05) is 0 Å². The number of ketones is 2. The van der Waals surface area contributed by atoms with Gasteiger partial charge in [-0.05, 0) is 27.7 Å². The van der Waals surface area contributed by atoms with Gasteiger partial charge in [-0.2, -0.15) is 5.10 Å². The van der Waals surface area contributed by atoms with E-state index in [0.717, 1.165) is 0 Å². The van der Waals surface area contributed by atoms with Gasteiger partial charge in [0.15, 0.2) is 11.6 Å². The molecule has 98 valence electrons. The van der Waals surface area contributed by atoms with Crippen LogP contribution < -0.4 is 0 Å². The molecule has 18 heavy (non-hydrogen) atoms. The highest BCUT2D eigenvalue weighted by Crippen LogP contribution is 2.40. The molecule has 1 atom stereocenters. The largest absolute Gasteiger partial charge is 0.361 e. The number of rotatable bonds is 2. The van der Waals surface area contributed by atoms with Crippen LogP contribution in [0, 0.1) is 5.92 Å². The Bertz CT molecular complexity index is 514. The van der Waals surface area contributed by atoms with Gasteiger partial charge in [-0.25, -0.2) is 0 Å². The Kier molecular flexibility index (Phi) is 2.70. The van der Waals surface area contributed by atoms with Crippen molar-refractivity contribution in [2.75, 3.05) is 0 Å². The van der Waals surface area contributed by atoms with E-state index >= 15 is 0 Å². The van der Waals surface area contributed by atoms with E-state index in [2.05, 4.69) is 5.10 Å². The summed E-state index contributed by atoms with van der Waals surface area (Å²) in [6, 6.07) is 0. The lowest BCUT2D eigenvalue weighted by molar-refractivity contribution is -0.132. The van der Waals surface area contributed by atoms with Crippen molar-refractivity contribution in [3.63, 3.8) is 0 Å². The molecule has 1 aliphatic rings. The first-order chi connectivity index (χ1) is 8.15. The van der Waals surface area contributed by atoms with Crippen molar-refractivity contribution in [1.82, 2.24) is 9.78 Å². The summed E-state index contributed by atoms with van der Waals surface area (Å²) in [6.45, 7) is 6.96. The van der Waals surface area contributed by atoms with Crippen LogP contribution in [0.4, 0.5) is 0 Å². The van der Waals surface area contributed by atoms with E-state index in [1.54, 1.807) is 45.6 Å². The van der Waals surface area contributed by atoms with Crippen LogP contribution in [0.3, 0.4) is 0 Å². The molecule has 2 rings (SSSR count). The Hall–Kier alpha value is -1.49. The van der Waals surface area contributed by atoms with Crippen molar-refractivity contribution in [3.8, 4) is 0 Å². The van der Waals surface area contributed by atoms with E-state index in [1.165, 1.54) is 6.20 Å². The summed E-state index contributed by atoms with van der Waals surface area (Å²) in [5, 5.41) is 3.96. The summed E-state index contributed by atoms with van der Waals surface area (Å²) in [7, 11) is 1.73. The number of Topliss-reactive ketones (excluding diaryl/α,β-unsaturated/α-hetero) is 2. The topological polar surface area (TPSA) is 61.2 Å². The first-order valence-electron chi connectivity index (χ1n) is 5.92. The zero-order chi connectivity index (χ0) is 13.7. The van der Waals surface area contributed by atoms with Gasteiger partial charge < -0.3 is 4.74 Å². The van der Waals surface area contributed by atoms with Gasteiger partial charge in [0.1, 0.15) is 11.5 Å². The second-order valence-electron chi connectivity index (χ2n) is 5.78. The fraction of sp³-hybridized carbons (Fsp3) is 0.615. The summed E-state index contributed by atoms with van der Waals surface area (Å²) >= 11 is 0. The fourth-order valence-electron chi connectivity index (χ4n) is 2.58. The molecular formula is C13H18N2O3. The van der Waals surface area contributed by atoms with E-state index in [0.29, 0.717) is 5.56 Å². The van der Waals surface area contributed by atoms with E-state index < -0.39 is 17.1 Å². The van der Waals surface area contributed by atoms with Crippen molar-refractivity contribution in [3.05, 3.63) is 18.0 Å². The van der Waals surface area contributed by atoms with Crippen LogP contribution in [-0.2, 0) is 16.6 Å². The second-order valence-corrected chi connectivity index (χ2v) is 5.78. The molecule has 2 heterocycles. The quantitative estimate of drug-likeness (QED) is 0.587. The molecular weight excluding hydrogens is 232 g/mol. The van der Waals surface area contributed by atoms with Crippen molar-refractivity contribution >= 4 is 11.6 Å². The minimum absolute atomic E-state index is 0.165. The number of aryl methyl sites for hydroxylation is 1. The lowest BCUT2D eigenvalue weighted by atomic mass is 9.81. The first-order valence-corrected chi connectivity index (χ1v) is 5.92. The second kappa shape index (κ2) is 3.75. The Morgan fingerprint density at radius 2 is 2.00 bits per heavy atom. The lowest BCUT2D eigenvalue weighted by Gasteiger charge is -2.24. The number of ether oxygens (including phenoxy) is 1. The van der Waals surface area contributed by atoms with Gasteiger partial charge >= 0.3 is 0 Å². The highest BCUT2D eigenvalue weighted by atomic mass is 16.5. The summed E-state index contributed by atoms with van der Waals surface area (Å²) < 4.78 is 7.26. The third-order valence-corrected chi connectivity index (χ3v) is 3.32. The summed E-state index contributed by atoms with van der Waals surface area (Å²) in [6.07, 6.45) is 3.11. The molecule has 5 nitrogen and oxygen atoms in total. The first kappa shape index (κ1) is 13.0. The number of carbonyl (C=O) groups is 2. The molecule has 0 saturated carbocycles. The molecule has 1 aromatic heterocycles. The molecule has 0 spiro atoms. The fourth-order valence-corrected chi connectivity index (χ4v) is 2.58. The molecule has 0 radical (unpaired) electrons. The molecule has 0 N–H and O–H groups in total. The molecule has 1 aromatic rings. The monoisotopic (exact) mass is 250 g/mol. The zero-order valence-corrected chi connectivity index (χ0v) is 11.4. The van der Waals surface area contributed by atoms with Gasteiger partial charge in [0.2, 0.25) is 0 Å². The normalized spacial score (nSPS) is 25.4. The molecule has 0 aromatic carbocycles. The maximum Gasteiger partial charge on any atom is 0.179 e.